The third kappa shape index (κ3) is 3.22. The number of piperazine rings is 1. The van der Waals surface area contributed by atoms with Crippen molar-refractivity contribution in [2.75, 3.05) is 31.1 Å². The molecule has 0 atom stereocenters. The zero-order valence-electron chi connectivity index (χ0n) is 12.1. The Hall–Kier alpha value is -0.910. The fourth-order valence-electron chi connectivity index (χ4n) is 2.50. The van der Waals surface area contributed by atoms with Crippen LogP contribution < -0.4 is 4.90 Å². The first kappa shape index (κ1) is 14.0. The van der Waals surface area contributed by atoms with Gasteiger partial charge in [0.25, 0.3) is 0 Å². The zero-order chi connectivity index (χ0) is 13.9. The van der Waals surface area contributed by atoms with Crippen molar-refractivity contribution in [2.24, 2.45) is 0 Å². The lowest BCUT2D eigenvalue weighted by Gasteiger charge is -2.34. The molecule has 108 valence electrons. The van der Waals surface area contributed by atoms with Crippen LogP contribution >= 0.6 is 22.7 Å². The number of rotatable bonds is 4. The zero-order valence-corrected chi connectivity index (χ0v) is 13.8. The summed E-state index contributed by atoms with van der Waals surface area (Å²) in [6.45, 7) is 9.92. The summed E-state index contributed by atoms with van der Waals surface area (Å²) in [5.74, 6) is 0. The number of thiazole rings is 1. The lowest BCUT2D eigenvalue weighted by atomic mass is 10.3. The standard InChI is InChI=1S/C15H21N3S2/c1-3-13-4-5-14(20-13)11-17-6-8-18(9-7-17)15-16-10-12(2)19-15/h4-5,10H,3,6-9,11H2,1-2H3. The molecule has 0 aliphatic carbocycles. The van der Waals surface area contributed by atoms with Gasteiger partial charge < -0.3 is 4.90 Å². The van der Waals surface area contributed by atoms with Crippen molar-refractivity contribution in [3.05, 3.63) is 33.0 Å². The highest BCUT2D eigenvalue weighted by Crippen LogP contribution is 2.24. The van der Waals surface area contributed by atoms with Gasteiger partial charge in [0.1, 0.15) is 0 Å². The van der Waals surface area contributed by atoms with Crippen LogP contribution in [0.4, 0.5) is 5.13 Å². The molecule has 2 aromatic heterocycles. The van der Waals surface area contributed by atoms with Crippen molar-refractivity contribution in [3.63, 3.8) is 0 Å². The van der Waals surface area contributed by atoms with Crippen molar-refractivity contribution in [3.8, 4) is 0 Å². The van der Waals surface area contributed by atoms with Crippen molar-refractivity contribution < 1.29 is 0 Å². The molecule has 2 aromatic rings. The number of thiophene rings is 1. The van der Waals surface area contributed by atoms with E-state index in [9.17, 15) is 0 Å². The van der Waals surface area contributed by atoms with E-state index in [4.69, 9.17) is 0 Å². The van der Waals surface area contributed by atoms with E-state index in [-0.39, 0.29) is 0 Å². The maximum atomic E-state index is 4.49. The fourth-order valence-corrected chi connectivity index (χ4v) is 4.31. The van der Waals surface area contributed by atoms with E-state index in [1.807, 2.05) is 17.5 Å². The number of hydrogen-bond acceptors (Lipinski definition) is 5. The molecular formula is C15H21N3S2. The van der Waals surface area contributed by atoms with Gasteiger partial charge in [-0.3, -0.25) is 4.90 Å². The van der Waals surface area contributed by atoms with Gasteiger partial charge in [0, 0.05) is 53.6 Å². The predicted molar refractivity (Wildman–Crippen MR) is 88.0 cm³/mol. The largest absolute Gasteiger partial charge is 0.346 e. The second-order valence-electron chi connectivity index (χ2n) is 5.24. The van der Waals surface area contributed by atoms with Crippen LogP contribution in [0.2, 0.25) is 0 Å². The smallest absolute Gasteiger partial charge is 0.185 e. The van der Waals surface area contributed by atoms with Gasteiger partial charge in [-0.1, -0.05) is 6.92 Å². The Kier molecular flexibility index (Phi) is 4.38. The average molecular weight is 307 g/mol. The quantitative estimate of drug-likeness (QED) is 0.863. The minimum Gasteiger partial charge on any atom is -0.346 e. The Labute approximate surface area is 128 Å². The number of anilines is 1. The Morgan fingerprint density at radius 1 is 1.10 bits per heavy atom. The second kappa shape index (κ2) is 6.24. The van der Waals surface area contributed by atoms with E-state index in [2.05, 4.69) is 40.8 Å². The van der Waals surface area contributed by atoms with Gasteiger partial charge in [-0.05, 0) is 25.5 Å². The summed E-state index contributed by atoms with van der Waals surface area (Å²) >= 11 is 3.77. The molecule has 1 aliphatic heterocycles. The highest BCUT2D eigenvalue weighted by molar-refractivity contribution is 7.15. The molecule has 0 spiro atoms. The van der Waals surface area contributed by atoms with Crippen molar-refractivity contribution in [1.82, 2.24) is 9.88 Å². The van der Waals surface area contributed by atoms with Gasteiger partial charge in [0.2, 0.25) is 0 Å². The second-order valence-corrected chi connectivity index (χ2v) is 7.70. The van der Waals surface area contributed by atoms with Crippen LogP contribution in [-0.4, -0.2) is 36.1 Å². The number of aryl methyl sites for hydroxylation is 2. The Morgan fingerprint density at radius 3 is 2.45 bits per heavy atom. The summed E-state index contributed by atoms with van der Waals surface area (Å²) in [5, 5.41) is 1.19. The maximum Gasteiger partial charge on any atom is 0.185 e. The van der Waals surface area contributed by atoms with Gasteiger partial charge in [-0.25, -0.2) is 4.98 Å². The minimum atomic E-state index is 1.10. The van der Waals surface area contributed by atoms with Crippen molar-refractivity contribution in [1.29, 1.82) is 0 Å². The molecule has 3 heterocycles. The van der Waals surface area contributed by atoms with Crippen molar-refractivity contribution in [2.45, 2.75) is 26.8 Å². The number of aromatic nitrogens is 1. The molecule has 0 N–H and O–H groups in total. The van der Waals surface area contributed by atoms with E-state index >= 15 is 0 Å². The van der Waals surface area contributed by atoms with Crippen LogP contribution in [0.3, 0.4) is 0 Å². The van der Waals surface area contributed by atoms with Gasteiger partial charge in [0.05, 0.1) is 0 Å². The SMILES string of the molecule is CCc1ccc(CN2CCN(c3ncc(C)s3)CC2)s1. The lowest BCUT2D eigenvalue weighted by molar-refractivity contribution is 0.252. The normalized spacial score (nSPS) is 16.8. The third-order valence-electron chi connectivity index (χ3n) is 3.70. The van der Waals surface area contributed by atoms with Gasteiger partial charge in [0.15, 0.2) is 5.13 Å². The Bertz CT molecular complexity index is 553. The van der Waals surface area contributed by atoms with Crippen LogP contribution in [-0.2, 0) is 13.0 Å². The molecule has 0 radical (unpaired) electrons. The van der Waals surface area contributed by atoms with Gasteiger partial charge in [-0.2, -0.15) is 0 Å². The van der Waals surface area contributed by atoms with Crippen LogP contribution in [0.1, 0.15) is 21.6 Å². The molecule has 0 amide bonds. The Morgan fingerprint density at radius 2 is 1.85 bits per heavy atom. The third-order valence-corrected chi connectivity index (χ3v) is 5.88. The molecule has 0 bridgehead atoms. The fraction of sp³-hybridized carbons (Fsp3) is 0.533. The number of nitrogens with zero attached hydrogens (tertiary/aromatic N) is 3. The summed E-state index contributed by atoms with van der Waals surface area (Å²) in [6, 6.07) is 4.56. The average Bonchev–Trinajstić information content (AvgIpc) is 3.09. The van der Waals surface area contributed by atoms with E-state index < -0.39 is 0 Å². The topological polar surface area (TPSA) is 19.4 Å². The molecule has 1 aliphatic rings. The molecule has 1 saturated heterocycles. The molecule has 0 aromatic carbocycles. The van der Waals surface area contributed by atoms with Gasteiger partial charge >= 0.3 is 0 Å². The molecule has 1 fully saturated rings. The molecular weight excluding hydrogens is 286 g/mol. The first-order valence-electron chi connectivity index (χ1n) is 7.22. The summed E-state index contributed by atoms with van der Waals surface area (Å²) in [5.41, 5.74) is 0. The van der Waals surface area contributed by atoms with Crippen LogP contribution in [0.25, 0.3) is 0 Å². The molecule has 20 heavy (non-hydrogen) atoms. The highest BCUT2D eigenvalue weighted by Gasteiger charge is 2.19. The summed E-state index contributed by atoms with van der Waals surface area (Å²) in [4.78, 5) is 13.8. The van der Waals surface area contributed by atoms with E-state index in [0.29, 0.717) is 0 Å². The van der Waals surface area contributed by atoms with E-state index in [1.165, 1.54) is 19.8 Å². The molecule has 0 saturated carbocycles. The van der Waals surface area contributed by atoms with Crippen molar-refractivity contribution >= 4 is 27.8 Å². The minimum absolute atomic E-state index is 1.10. The summed E-state index contributed by atoms with van der Waals surface area (Å²) < 4.78 is 0. The van der Waals surface area contributed by atoms with Crippen LogP contribution in [0.15, 0.2) is 18.3 Å². The molecule has 0 unspecified atom stereocenters. The van der Waals surface area contributed by atoms with E-state index in [0.717, 1.165) is 39.1 Å². The number of hydrogen-bond donors (Lipinski definition) is 0. The maximum absolute atomic E-state index is 4.49. The first-order valence-corrected chi connectivity index (χ1v) is 8.85. The van der Waals surface area contributed by atoms with Gasteiger partial charge in [-0.15, -0.1) is 22.7 Å². The van der Waals surface area contributed by atoms with E-state index in [1.54, 1.807) is 11.3 Å². The molecule has 5 heteroatoms. The lowest BCUT2D eigenvalue weighted by Crippen LogP contribution is -2.45. The first-order chi connectivity index (χ1) is 9.74. The summed E-state index contributed by atoms with van der Waals surface area (Å²) in [6.07, 6.45) is 3.13. The molecule has 3 nitrogen and oxygen atoms in total. The Balaban J connectivity index is 1.53. The monoisotopic (exact) mass is 307 g/mol. The molecule has 3 rings (SSSR count). The predicted octanol–water partition coefficient (Wildman–Crippen LogP) is 3.40. The summed E-state index contributed by atoms with van der Waals surface area (Å²) in [7, 11) is 0. The van der Waals surface area contributed by atoms with Crippen LogP contribution in [0.5, 0.6) is 0 Å². The van der Waals surface area contributed by atoms with Crippen LogP contribution in [0, 0.1) is 6.92 Å². The highest BCUT2D eigenvalue weighted by atomic mass is 32.1.